The lowest BCUT2D eigenvalue weighted by Gasteiger charge is -2.43. The van der Waals surface area contributed by atoms with Crippen molar-refractivity contribution in [1.29, 1.82) is 0 Å². The van der Waals surface area contributed by atoms with E-state index in [9.17, 15) is 30.6 Å². The van der Waals surface area contributed by atoms with Crippen LogP contribution in [0, 0.1) is 0 Å². The molecule has 0 unspecified atom stereocenters. The molecule has 8 N–H and O–H groups in total. The van der Waals surface area contributed by atoms with Gasteiger partial charge in [0.25, 0.3) is 5.79 Å². The molecule has 4 heterocycles. The molecule has 2 aromatic rings. The first-order chi connectivity index (χ1) is 21.7. The molecule has 14 heteroatoms. The SMILES string of the molecule is CC(C)=CCNC1=NC[C@@]2(ON1)Oc1cc(O)c3c(c1C2(C)C)O[C@H](c1ccc(O)c(O)c1)[C@@H](O[C@@H]1O[C@@H](C)[C@H](O)[C@@H](O)[C@H]1O)C3. The van der Waals surface area contributed by atoms with E-state index in [2.05, 4.69) is 15.8 Å². The van der Waals surface area contributed by atoms with Gasteiger partial charge >= 0.3 is 0 Å². The fourth-order valence-electron chi connectivity index (χ4n) is 6.29. The van der Waals surface area contributed by atoms with Crippen molar-refractivity contribution in [3.63, 3.8) is 0 Å². The van der Waals surface area contributed by atoms with Crippen molar-refractivity contribution < 1.29 is 54.4 Å². The number of benzene rings is 2. The number of aromatic hydroxyl groups is 3. The average molecular weight is 644 g/mol. The van der Waals surface area contributed by atoms with Gasteiger partial charge in [-0.05, 0) is 52.3 Å². The topological polar surface area (TPSA) is 204 Å². The first-order valence-electron chi connectivity index (χ1n) is 15.2. The predicted octanol–water partition coefficient (Wildman–Crippen LogP) is 1.51. The molecular weight excluding hydrogens is 602 g/mol. The summed E-state index contributed by atoms with van der Waals surface area (Å²) >= 11 is 0. The van der Waals surface area contributed by atoms with Crippen LogP contribution in [0.5, 0.6) is 28.7 Å². The molecule has 46 heavy (non-hydrogen) atoms. The molecular formula is C32H41N3O11. The summed E-state index contributed by atoms with van der Waals surface area (Å²) in [6.45, 7) is 10.1. The van der Waals surface area contributed by atoms with Crippen LogP contribution in [0.25, 0.3) is 0 Å². The number of aliphatic hydroxyl groups is 3. The number of guanidine groups is 1. The summed E-state index contributed by atoms with van der Waals surface area (Å²) in [6, 6.07) is 5.69. The van der Waals surface area contributed by atoms with Gasteiger partial charge in [0.1, 0.15) is 48.2 Å². The summed E-state index contributed by atoms with van der Waals surface area (Å²) < 4.78 is 24.9. The smallest absolute Gasteiger partial charge is 0.262 e. The summed E-state index contributed by atoms with van der Waals surface area (Å²) in [5, 5.41) is 66.0. The molecule has 1 saturated heterocycles. The highest BCUT2D eigenvalue weighted by Gasteiger charge is 2.61. The molecule has 1 spiro atoms. The first-order valence-corrected chi connectivity index (χ1v) is 15.2. The third-order valence-corrected chi connectivity index (χ3v) is 9.15. The normalized spacial score (nSPS) is 32.7. The van der Waals surface area contributed by atoms with Gasteiger partial charge < -0.3 is 54.9 Å². The lowest BCUT2D eigenvalue weighted by molar-refractivity contribution is -0.310. The number of fused-ring (bicyclic) bond motifs is 3. The van der Waals surface area contributed by atoms with Gasteiger partial charge in [-0.3, -0.25) is 0 Å². The van der Waals surface area contributed by atoms with E-state index in [1.807, 2.05) is 33.8 Å². The number of hydroxylamine groups is 1. The number of phenolic OH excluding ortho intramolecular Hbond substituents is 3. The molecule has 8 atom stereocenters. The minimum atomic E-state index is -1.58. The van der Waals surface area contributed by atoms with Crippen LogP contribution in [0.15, 0.2) is 40.9 Å². The monoisotopic (exact) mass is 643 g/mol. The van der Waals surface area contributed by atoms with Gasteiger partial charge in [-0.25, -0.2) is 15.3 Å². The molecule has 4 aliphatic heterocycles. The summed E-state index contributed by atoms with van der Waals surface area (Å²) in [5.41, 5.74) is 4.56. The number of hydrogen-bond donors (Lipinski definition) is 8. The Morgan fingerprint density at radius 2 is 1.83 bits per heavy atom. The lowest BCUT2D eigenvalue weighted by atomic mass is 9.76. The van der Waals surface area contributed by atoms with E-state index in [1.165, 1.54) is 18.2 Å². The van der Waals surface area contributed by atoms with Crippen LogP contribution in [0.1, 0.15) is 57.4 Å². The minimum Gasteiger partial charge on any atom is -0.507 e. The second-order valence-corrected chi connectivity index (χ2v) is 12.9. The van der Waals surface area contributed by atoms with E-state index in [0.29, 0.717) is 40.7 Å². The number of rotatable bonds is 5. The molecule has 1 fully saturated rings. The highest BCUT2D eigenvalue weighted by Crippen LogP contribution is 2.58. The Bertz CT molecular complexity index is 1560. The summed E-state index contributed by atoms with van der Waals surface area (Å²) in [4.78, 5) is 10.8. The number of aliphatic hydroxyl groups excluding tert-OH is 3. The standard InChI is InChI=1S/C32H41N3O11/c1-14(2)8-9-33-30-34-13-32(46-35-30)31(4,5)23-21(45-32)12-19(37)17-11-22(43-29-26(41)25(40)24(39)15(3)42-29)27(44-28(17)23)16-6-7-18(36)20(38)10-16/h6-8,10,12,15,22,24-27,29,36-41H,9,11,13H2,1-5H3,(H2,33,34,35)/t15-,22-,24-,25+,26+,27+,29-,32-/m0/s1. The van der Waals surface area contributed by atoms with Gasteiger partial charge in [0.15, 0.2) is 23.9 Å². The van der Waals surface area contributed by atoms with Crippen LogP contribution in [0.3, 0.4) is 0 Å². The predicted molar refractivity (Wildman–Crippen MR) is 163 cm³/mol. The molecule has 0 aromatic heterocycles. The van der Waals surface area contributed by atoms with E-state index in [-0.39, 0.29) is 30.2 Å². The molecule has 250 valence electrons. The number of ether oxygens (including phenoxy) is 4. The second-order valence-electron chi connectivity index (χ2n) is 12.9. The Morgan fingerprint density at radius 1 is 1.07 bits per heavy atom. The van der Waals surface area contributed by atoms with Crippen LogP contribution in [-0.4, -0.2) is 92.3 Å². The van der Waals surface area contributed by atoms with Crippen molar-refractivity contribution in [3.05, 3.63) is 52.6 Å². The van der Waals surface area contributed by atoms with Gasteiger partial charge in [-0.15, -0.1) is 0 Å². The van der Waals surface area contributed by atoms with Crippen molar-refractivity contribution in [2.75, 3.05) is 13.1 Å². The third kappa shape index (κ3) is 5.38. The van der Waals surface area contributed by atoms with Crippen molar-refractivity contribution in [2.45, 2.75) is 95.2 Å². The molecule has 6 rings (SSSR count). The maximum atomic E-state index is 11.3. The van der Waals surface area contributed by atoms with Crippen molar-refractivity contribution in [2.24, 2.45) is 4.99 Å². The second kappa shape index (κ2) is 11.8. The number of phenols is 3. The highest BCUT2D eigenvalue weighted by molar-refractivity contribution is 5.79. The van der Waals surface area contributed by atoms with Crippen LogP contribution in [0.2, 0.25) is 0 Å². The Labute approximate surface area is 265 Å². The van der Waals surface area contributed by atoms with Gasteiger partial charge in [0.05, 0.1) is 11.5 Å². The zero-order valence-electron chi connectivity index (χ0n) is 26.2. The number of hydrogen-bond acceptors (Lipinski definition) is 14. The number of nitrogens with zero attached hydrogens (tertiary/aromatic N) is 1. The Hall–Kier alpha value is -3.79. The third-order valence-electron chi connectivity index (χ3n) is 9.15. The van der Waals surface area contributed by atoms with Gasteiger partial charge in [0.2, 0.25) is 5.96 Å². The average Bonchev–Trinajstić information content (AvgIpc) is 3.21. The fourth-order valence-corrected chi connectivity index (χ4v) is 6.29. The van der Waals surface area contributed by atoms with Crippen LogP contribution >= 0.6 is 0 Å². The number of nitrogens with one attached hydrogen (secondary N) is 2. The van der Waals surface area contributed by atoms with Crippen molar-refractivity contribution in [3.8, 4) is 28.7 Å². The van der Waals surface area contributed by atoms with E-state index >= 15 is 0 Å². The molecule has 4 aliphatic rings. The number of allylic oxidation sites excluding steroid dienone is 1. The largest absolute Gasteiger partial charge is 0.507 e. The van der Waals surface area contributed by atoms with Crippen LogP contribution in [0.4, 0.5) is 0 Å². The van der Waals surface area contributed by atoms with Crippen LogP contribution in [-0.2, 0) is 26.1 Å². The maximum absolute atomic E-state index is 11.3. The van der Waals surface area contributed by atoms with Crippen molar-refractivity contribution >= 4 is 5.96 Å². The zero-order valence-corrected chi connectivity index (χ0v) is 26.2. The molecule has 0 saturated carbocycles. The fraction of sp³-hybridized carbons (Fsp3) is 0.531. The minimum absolute atomic E-state index is 0.0547. The zero-order chi connectivity index (χ0) is 33.1. The van der Waals surface area contributed by atoms with E-state index in [4.69, 9.17) is 23.8 Å². The maximum Gasteiger partial charge on any atom is 0.262 e. The summed E-state index contributed by atoms with van der Waals surface area (Å²) in [6.07, 6.45) is -6.45. The quantitative estimate of drug-likeness (QED) is 0.172. The van der Waals surface area contributed by atoms with E-state index in [1.54, 1.807) is 13.0 Å². The Kier molecular flexibility index (Phi) is 8.24. The lowest BCUT2D eigenvalue weighted by Crippen LogP contribution is -2.60. The van der Waals surface area contributed by atoms with E-state index < -0.39 is 54.1 Å². The molecule has 0 amide bonds. The van der Waals surface area contributed by atoms with Crippen molar-refractivity contribution in [1.82, 2.24) is 10.8 Å². The van der Waals surface area contributed by atoms with E-state index in [0.717, 1.165) is 5.57 Å². The molecule has 0 aliphatic carbocycles. The highest BCUT2D eigenvalue weighted by atomic mass is 16.8. The molecule has 0 bridgehead atoms. The molecule has 2 aromatic carbocycles. The van der Waals surface area contributed by atoms with Crippen LogP contribution < -0.4 is 20.3 Å². The number of aliphatic imine (C=N–C) groups is 1. The Morgan fingerprint density at radius 3 is 2.50 bits per heavy atom. The van der Waals surface area contributed by atoms with Gasteiger partial charge in [-0.2, -0.15) is 0 Å². The Balaban J connectivity index is 1.36. The van der Waals surface area contributed by atoms with Gasteiger partial charge in [0, 0.05) is 30.2 Å². The molecule has 0 radical (unpaired) electrons. The summed E-state index contributed by atoms with van der Waals surface area (Å²) in [5.74, 6) is -1.04. The first kappa shape index (κ1) is 32.2. The molecule has 14 nitrogen and oxygen atoms in total. The summed E-state index contributed by atoms with van der Waals surface area (Å²) in [7, 11) is 0. The van der Waals surface area contributed by atoms with Gasteiger partial charge in [-0.1, -0.05) is 17.7 Å².